The number of ether oxygens (including phenoxy) is 2. The lowest BCUT2D eigenvalue weighted by Crippen LogP contribution is -2.21. The molecule has 2 saturated carbocycles. The van der Waals surface area contributed by atoms with Gasteiger partial charge in [0.25, 0.3) is 0 Å². The minimum absolute atomic E-state index is 0.135. The predicted octanol–water partition coefficient (Wildman–Crippen LogP) is 1.42. The van der Waals surface area contributed by atoms with Crippen molar-refractivity contribution in [2.75, 3.05) is 0 Å². The summed E-state index contributed by atoms with van der Waals surface area (Å²) in [7, 11) is 0. The van der Waals surface area contributed by atoms with Crippen molar-refractivity contribution in [1.29, 1.82) is 0 Å². The van der Waals surface area contributed by atoms with Gasteiger partial charge < -0.3 is 29.9 Å². The quantitative estimate of drug-likeness (QED) is 0.530. The topological polar surface area (TPSA) is 140 Å². The van der Waals surface area contributed by atoms with Crippen molar-refractivity contribution in [1.82, 2.24) is 0 Å². The largest absolute Gasteiger partial charge is 0.481 e. The van der Waals surface area contributed by atoms with Crippen molar-refractivity contribution in [3.05, 3.63) is 0 Å². The number of hydrogen-bond donors (Lipinski definition) is 4. The second-order valence-electron chi connectivity index (χ2n) is 8.06. The Kier molecular flexibility index (Phi) is 8.03. The second-order valence-corrected chi connectivity index (χ2v) is 8.06. The zero-order valence-electron chi connectivity index (χ0n) is 16.0. The predicted molar refractivity (Wildman–Crippen MR) is 95.3 cm³/mol. The molecule has 8 nitrogen and oxygen atoms in total. The van der Waals surface area contributed by atoms with Gasteiger partial charge in [0.2, 0.25) is 0 Å². The second kappa shape index (κ2) is 9.82. The van der Waals surface area contributed by atoms with Crippen LogP contribution >= 0.6 is 0 Å². The fourth-order valence-electron chi connectivity index (χ4n) is 3.75. The summed E-state index contributed by atoms with van der Waals surface area (Å²) >= 11 is 0. The molecule has 8 unspecified atom stereocenters. The number of carboxylic acids is 2. The van der Waals surface area contributed by atoms with Crippen molar-refractivity contribution in [2.45, 2.75) is 95.4 Å². The van der Waals surface area contributed by atoms with E-state index < -0.39 is 11.9 Å². The summed E-state index contributed by atoms with van der Waals surface area (Å²) in [6.45, 7) is 3.32. The van der Waals surface area contributed by atoms with E-state index in [0.29, 0.717) is 18.6 Å². The summed E-state index contributed by atoms with van der Waals surface area (Å²) in [5.74, 6) is -1.59. The molecule has 4 N–H and O–H groups in total. The molecule has 4 aliphatic rings. The Bertz CT molecular complexity index is 462. The van der Waals surface area contributed by atoms with Crippen LogP contribution in [-0.2, 0) is 19.1 Å². The molecule has 0 radical (unpaired) electrons. The van der Waals surface area contributed by atoms with Crippen LogP contribution in [0.3, 0.4) is 0 Å². The number of fused-ring (bicyclic) bond motifs is 2. The van der Waals surface area contributed by atoms with E-state index in [4.69, 9.17) is 29.9 Å². The first-order valence-corrected chi connectivity index (χ1v) is 9.80. The lowest BCUT2D eigenvalue weighted by atomic mass is 9.90. The van der Waals surface area contributed by atoms with E-state index >= 15 is 0 Å². The van der Waals surface area contributed by atoms with Crippen molar-refractivity contribution in [2.24, 2.45) is 11.8 Å². The molecule has 0 aromatic heterocycles. The number of rotatable bonds is 4. The lowest BCUT2D eigenvalue weighted by Gasteiger charge is -2.12. The van der Waals surface area contributed by atoms with Gasteiger partial charge in [-0.3, -0.25) is 9.59 Å². The Morgan fingerprint density at radius 3 is 1.37 bits per heavy atom. The number of carboxylic acid groups (broad SMARTS) is 2. The lowest BCUT2D eigenvalue weighted by molar-refractivity contribution is -0.143. The van der Waals surface area contributed by atoms with E-state index in [-0.39, 0.29) is 36.3 Å². The van der Waals surface area contributed by atoms with Gasteiger partial charge in [-0.05, 0) is 58.8 Å². The van der Waals surface area contributed by atoms with Gasteiger partial charge in [0.1, 0.15) is 0 Å². The molecule has 2 heterocycles. The fourth-order valence-corrected chi connectivity index (χ4v) is 3.75. The van der Waals surface area contributed by atoms with Crippen LogP contribution in [0.15, 0.2) is 0 Å². The molecule has 0 aromatic carbocycles. The van der Waals surface area contributed by atoms with Gasteiger partial charge in [-0.25, -0.2) is 0 Å². The Balaban J connectivity index is 0.000000149. The van der Waals surface area contributed by atoms with Crippen molar-refractivity contribution >= 4 is 11.9 Å². The maximum atomic E-state index is 10.5. The number of aliphatic hydroxyl groups is 2. The molecule has 2 aliphatic carbocycles. The average Bonchev–Trinajstić information content (AvgIpc) is 3.47. The first kappa shape index (κ1) is 22.1. The van der Waals surface area contributed by atoms with Gasteiger partial charge in [-0.1, -0.05) is 0 Å². The highest BCUT2D eigenvalue weighted by Gasteiger charge is 2.46. The van der Waals surface area contributed by atoms with Crippen LogP contribution in [0, 0.1) is 11.8 Å². The van der Waals surface area contributed by atoms with Gasteiger partial charge in [-0.2, -0.15) is 0 Å². The van der Waals surface area contributed by atoms with Crippen LogP contribution in [-0.4, -0.2) is 69.0 Å². The summed E-state index contributed by atoms with van der Waals surface area (Å²) in [5.41, 5.74) is 0. The van der Waals surface area contributed by atoms with Crippen molar-refractivity contribution in [3.8, 4) is 0 Å². The molecule has 156 valence electrons. The highest BCUT2D eigenvalue weighted by molar-refractivity contribution is 5.70. The molecule has 4 fully saturated rings. The molecule has 0 amide bonds. The Labute approximate surface area is 159 Å². The van der Waals surface area contributed by atoms with Gasteiger partial charge in [-0.15, -0.1) is 0 Å². The minimum atomic E-state index is -0.658. The van der Waals surface area contributed by atoms with Crippen LogP contribution in [0.4, 0.5) is 0 Å². The van der Waals surface area contributed by atoms with E-state index in [2.05, 4.69) is 0 Å². The van der Waals surface area contributed by atoms with Crippen molar-refractivity contribution in [3.63, 3.8) is 0 Å². The molecular formula is C19H32O8. The first-order chi connectivity index (χ1) is 12.7. The number of epoxide rings is 2. The Morgan fingerprint density at radius 1 is 0.778 bits per heavy atom. The zero-order valence-corrected chi connectivity index (χ0v) is 16.0. The highest BCUT2D eigenvalue weighted by Crippen LogP contribution is 2.40. The van der Waals surface area contributed by atoms with Crippen LogP contribution in [0.2, 0.25) is 0 Å². The van der Waals surface area contributed by atoms with Crippen LogP contribution in [0.5, 0.6) is 0 Å². The molecule has 27 heavy (non-hydrogen) atoms. The minimum Gasteiger partial charge on any atom is -0.481 e. The summed E-state index contributed by atoms with van der Waals surface area (Å²) in [4.78, 5) is 20.9. The number of hydrogen-bond acceptors (Lipinski definition) is 6. The first-order valence-electron chi connectivity index (χ1n) is 9.80. The van der Waals surface area contributed by atoms with Crippen molar-refractivity contribution < 1.29 is 39.5 Å². The highest BCUT2D eigenvalue weighted by atomic mass is 16.6. The molecule has 0 bridgehead atoms. The molecule has 8 atom stereocenters. The molecule has 4 rings (SSSR count). The Hall–Kier alpha value is -1.22. The molecule has 0 spiro atoms. The standard InChI is InChI=1S/2C7H10O3.C5H12O2/c2*8-7(9)4-1-2-5-6(3-4)10-5;1-4(6)3-5(2)7/h2*4-6H,1-3H2,(H,8,9);4-7H,3H2,1-2H3. The summed E-state index contributed by atoms with van der Waals surface area (Å²) in [6, 6.07) is 0. The normalized spacial score (nSPS) is 37.6. The molecule has 8 heteroatoms. The monoisotopic (exact) mass is 388 g/mol. The zero-order chi connectivity index (χ0) is 20.1. The van der Waals surface area contributed by atoms with E-state index in [1.807, 2.05) is 0 Å². The third-order valence-electron chi connectivity index (χ3n) is 5.39. The Morgan fingerprint density at radius 2 is 1.15 bits per heavy atom. The van der Waals surface area contributed by atoms with E-state index in [1.165, 1.54) is 0 Å². The summed E-state index contributed by atoms with van der Waals surface area (Å²) < 4.78 is 10.4. The van der Waals surface area contributed by atoms with E-state index in [1.54, 1.807) is 13.8 Å². The van der Waals surface area contributed by atoms with E-state index in [0.717, 1.165) is 38.5 Å². The maximum Gasteiger partial charge on any atom is 0.306 e. The van der Waals surface area contributed by atoms with Gasteiger partial charge in [0, 0.05) is 0 Å². The molecule has 2 saturated heterocycles. The van der Waals surface area contributed by atoms with Gasteiger partial charge in [0.15, 0.2) is 0 Å². The van der Waals surface area contributed by atoms with Crippen LogP contribution < -0.4 is 0 Å². The maximum absolute atomic E-state index is 10.5. The summed E-state index contributed by atoms with van der Waals surface area (Å²) in [6.07, 6.45) is 6.09. The number of aliphatic hydroxyl groups excluding tert-OH is 2. The van der Waals surface area contributed by atoms with Crippen LogP contribution in [0.1, 0.15) is 58.8 Å². The summed E-state index contributed by atoms with van der Waals surface area (Å²) in [5, 5.41) is 34.4. The smallest absolute Gasteiger partial charge is 0.306 e. The molecule has 2 aliphatic heterocycles. The van der Waals surface area contributed by atoms with E-state index in [9.17, 15) is 9.59 Å². The average molecular weight is 388 g/mol. The molecular weight excluding hydrogens is 356 g/mol. The number of carbonyl (C=O) groups is 2. The van der Waals surface area contributed by atoms with Crippen LogP contribution in [0.25, 0.3) is 0 Å². The number of aliphatic carboxylic acids is 2. The third kappa shape index (κ3) is 7.73. The third-order valence-corrected chi connectivity index (χ3v) is 5.39. The fraction of sp³-hybridized carbons (Fsp3) is 0.895. The van der Waals surface area contributed by atoms with Gasteiger partial charge in [0.05, 0.1) is 48.5 Å². The van der Waals surface area contributed by atoms with Gasteiger partial charge >= 0.3 is 11.9 Å². The SMILES string of the molecule is CC(O)CC(C)O.O=C(O)C1CCC2OC2C1.O=C(O)C1CCC2OC2C1. The molecule has 0 aromatic rings.